The molecule has 3 atom stereocenters. The summed E-state index contributed by atoms with van der Waals surface area (Å²) in [4.78, 5) is 19.4. The van der Waals surface area contributed by atoms with Gasteiger partial charge in [0.25, 0.3) is 0 Å². The molecule has 4 aliphatic heterocycles. The van der Waals surface area contributed by atoms with Crippen molar-refractivity contribution in [2.24, 2.45) is 0 Å². The molecule has 0 spiro atoms. The predicted octanol–water partition coefficient (Wildman–Crippen LogP) is 5.58. The zero-order valence-electron chi connectivity index (χ0n) is 28.1. The second-order valence-electron chi connectivity index (χ2n) is 13.8. The van der Waals surface area contributed by atoms with E-state index in [1.807, 2.05) is 13.0 Å². The molecule has 12 heteroatoms. The van der Waals surface area contributed by atoms with Gasteiger partial charge >= 0.3 is 6.01 Å². The number of hydrogen-bond acceptors (Lipinski definition) is 10. The quantitative estimate of drug-likeness (QED) is 0.227. The molecular formula is C37H43F2N5O5. The van der Waals surface area contributed by atoms with E-state index in [1.165, 1.54) is 13.2 Å². The topological polar surface area (TPSA) is 102 Å². The number of fused-ring (bicyclic) bond motifs is 4. The third kappa shape index (κ3) is 5.57. The van der Waals surface area contributed by atoms with E-state index in [0.717, 1.165) is 45.1 Å². The number of rotatable bonds is 9. The van der Waals surface area contributed by atoms with Gasteiger partial charge < -0.3 is 29.0 Å². The molecule has 0 amide bonds. The Hall–Kier alpha value is -3.71. The van der Waals surface area contributed by atoms with Crippen LogP contribution in [-0.2, 0) is 22.3 Å². The summed E-state index contributed by atoms with van der Waals surface area (Å²) >= 11 is 0. The number of hydrogen-bond donors (Lipinski definition) is 1. The molecule has 4 aromatic rings. The molecule has 2 aromatic carbocycles. The molecule has 1 N–H and O–H groups in total. The third-order valence-corrected chi connectivity index (χ3v) is 11.1. The number of ether oxygens (including phenoxy) is 4. The summed E-state index contributed by atoms with van der Waals surface area (Å²) in [6, 6.07) is 6.92. The summed E-state index contributed by atoms with van der Waals surface area (Å²) in [5, 5.41) is 11.9. The van der Waals surface area contributed by atoms with Gasteiger partial charge in [0.15, 0.2) is 12.6 Å². The third-order valence-electron chi connectivity index (χ3n) is 11.1. The summed E-state index contributed by atoms with van der Waals surface area (Å²) in [6.45, 7) is 5.18. The van der Waals surface area contributed by atoms with Crippen LogP contribution in [0.2, 0.25) is 0 Å². The van der Waals surface area contributed by atoms with Crippen LogP contribution in [0.3, 0.4) is 0 Å². The molecule has 0 aliphatic carbocycles. The van der Waals surface area contributed by atoms with Crippen LogP contribution < -0.4 is 14.4 Å². The van der Waals surface area contributed by atoms with Gasteiger partial charge in [0.2, 0.25) is 0 Å². The van der Waals surface area contributed by atoms with Crippen molar-refractivity contribution in [2.45, 2.75) is 75.9 Å². The molecule has 4 aliphatic rings. The van der Waals surface area contributed by atoms with E-state index in [1.54, 1.807) is 12.1 Å². The van der Waals surface area contributed by atoms with E-state index < -0.39 is 5.82 Å². The molecule has 260 valence electrons. The number of benzene rings is 2. The minimum Gasteiger partial charge on any atom is -0.468 e. The first-order valence-corrected chi connectivity index (χ1v) is 17.6. The molecule has 3 saturated heterocycles. The number of methoxy groups -OCH3 is 1. The maximum atomic E-state index is 17.3. The van der Waals surface area contributed by atoms with Crippen LogP contribution in [0, 0.1) is 11.6 Å². The number of aliphatic hydroxyl groups excluding tert-OH is 1. The van der Waals surface area contributed by atoms with Crippen LogP contribution >= 0.6 is 0 Å². The van der Waals surface area contributed by atoms with Crippen molar-refractivity contribution in [1.29, 1.82) is 0 Å². The SMILES string of the molecule is CCc1c(F)ccc2cc(OCOC)cc(-c3nc4c5c(nc(OC[C@@]67CCCN6[C@H](CO)CC7)nc5c3F)N3CCCOC[C@@H]3CC4)c12. The van der Waals surface area contributed by atoms with Gasteiger partial charge in [-0.25, -0.2) is 13.8 Å². The van der Waals surface area contributed by atoms with Gasteiger partial charge in [0.05, 0.1) is 35.9 Å². The van der Waals surface area contributed by atoms with Crippen LogP contribution in [0.4, 0.5) is 14.6 Å². The summed E-state index contributed by atoms with van der Waals surface area (Å²) < 4.78 is 56.1. The fraction of sp³-hybridized carbons (Fsp3) is 0.541. The summed E-state index contributed by atoms with van der Waals surface area (Å²) in [5.74, 6) is 0.102. The summed E-state index contributed by atoms with van der Waals surface area (Å²) in [5.41, 5.74) is 1.62. The molecule has 0 unspecified atom stereocenters. The number of aryl methyl sites for hydroxylation is 2. The Morgan fingerprint density at radius 1 is 1.04 bits per heavy atom. The zero-order valence-corrected chi connectivity index (χ0v) is 28.1. The largest absolute Gasteiger partial charge is 0.468 e. The fourth-order valence-corrected chi connectivity index (χ4v) is 8.72. The van der Waals surface area contributed by atoms with Gasteiger partial charge in [-0.15, -0.1) is 0 Å². The molecule has 0 saturated carbocycles. The summed E-state index contributed by atoms with van der Waals surface area (Å²) in [6.07, 6.45) is 6.36. The lowest BCUT2D eigenvalue weighted by atomic mass is 9.94. The minimum absolute atomic E-state index is 0.000204. The molecular weight excluding hydrogens is 632 g/mol. The number of aromatic nitrogens is 3. The Morgan fingerprint density at radius 3 is 2.78 bits per heavy atom. The van der Waals surface area contributed by atoms with Crippen molar-refractivity contribution in [3.8, 4) is 23.0 Å². The molecule has 0 radical (unpaired) electrons. The number of pyridine rings is 1. The standard InChI is InChI=1S/C37H43F2N5O5/c1-3-26-28(38)8-6-22-16-25(49-21-46-2)17-27(30(22)26)33-32(39)34-31-29(40-33)9-7-24-19-47-15-5-13-43(24)35(31)42-36(41-34)48-20-37-11-4-14-44(37)23(18-45)10-12-37/h6,8,16-17,23-24,45H,3-5,7,9-15,18-21H2,1-2H3/t23-,24-,37-/m0/s1. The van der Waals surface area contributed by atoms with E-state index >= 15 is 8.78 Å². The zero-order chi connectivity index (χ0) is 33.7. The first-order valence-electron chi connectivity index (χ1n) is 17.6. The Morgan fingerprint density at radius 2 is 1.94 bits per heavy atom. The van der Waals surface area contributed by atoms with Crippen LogP contribution in [-0.4, -0.2) is 96.0 Å². The lowest BCUT2D eigenvalue weighted by Crippen LogP contribution is -2.47. The number of nitrogens with zero attached hydrogens (tertiary/aromatic N) is 5. The van der Waals surface area contributed by atoms with Crippen molar-refractivity contribution in [3.63, 3.8) is 0 Å². The monoisotopic (exact) mass is 675 g/mol. The summed E-state index contributed by atoms with van der Waals surface area (Å²) in [7, 11) is 1.53. The van der Waals surface area contributed by atoms with E-state index in [4.69, 9.17) is 33.9 Å². The highest BCUT2D eigenvalue weighted by molar-refractivity contribution is 6.02. The Kier molecular flexibility index (Phi) is 8.75. The normalized spacial score (nSPS) is 23.8. The molecule has 2 aromatic heterocycles. The van der Waals surface area contributed by atoms with E-state index in [0.29, 0.717) is 83.8 Å². The number of halogens is 2. The predicted molar refractivity (Wildman–Crippen MR) is 181 cm³/mol. The fourth-order valence-electron chi connectivity index (χ4n) is 8.72. The van der Waals surface area contributed by atoms with Gasteiger partial charge in [-0.3, -0.25) is 4.90 Å². The highest BCUT2D eigenvalue weighted by atomic mass is 19.1. The number of aliphatic hydroxyl groups is 1. The van der Waals surface area contributed by atoms with Crippen molar-refractivity contribution >= 4 is 27.5 Å². The van der Waals surface area contributed by atoms with Gasteiger partial charge in [-0.05, 0) is 92.4 Å². The van der Waals surface area contributed by atoms with Gasteiger partial charge in [-0.1, -0.05) is 13.0 Å². The van der Waals surface area contributed by atoms with Crippen LogP contribution in [0.25, 0.3) is 32.9 Å². The molecule has 10 nitrogen and oxygen atoms in total. The maximum Gasteiger partial charge on any atom is 0.319 e. The second kappa shape index (κ2) is 13.2. The maximum absolute atomic E-state index is 17.3. The van der Waals surface area contributed by atoms with Gasteiger partial charge in [0, 0.05) is 31.9 Å². The second-order valence-corrected chi connectivity index (χ2v) is 13.8. The van der Waals surface area contributed by atoms with E-state index in [-0.39, 0.29) is 54.1 Å². The van der Waals surface area contributed by atoms with Crippen molar-refractivity contribution in [3.05, 3.63) is 47.2 Å². The smallest absolute Gasteiger partial charge is 0.319 e. The van der Waals surface area contributed by atoms with Gasteiger partial charge in [0.1, 0.15) is 35.2 Å². The van der Waals surface area contributed by atoms with E-state index in [9.17, 15) is 5.11 Å². The molecule has 49 heavy (non-hydrogen) atoms. The van der Waals surface area contributed by atoms with Gasteiger partial charge in [-0.2, -0.15) is 9.97 Å². The minimum atomic E-state index is -0.616. The Bertz CT molecular complexity index is 1890. The highest BCUT2D eigenvalue weighted by Gasteiger charge is 2.49. The lowest BCUT2D eigenvalue weighted by Gasteiger charge is -2.34. The number of anilines is 1. The highest BCUT2D eigenvalue weighted by Crippen LogP contribution is 2.44. The lowest BCUT2D eigenvalue weighted by molar-refractivity contribution is 0.0512. The molecule has 6 heterocycles. The average Bonchev–Trinajstić information content (AvgIpc) is 3.53. The first-order chi connectivity index (χ1) is 23.9. The molecule has 8 rings (SSSR count). The molecule has 0 bridgehead atoms. The van der Waals surface area contributed by atoms with Crippen LogP contribution in [0.15, 0.2) is 24.3 Å². The van der Waals surface area contributed by atoms with Crippen molar-refractivity contribution in [2.75, 3.05) is 58.3 Å². The Labute approximate surface area is 284 Å². The first kappa shape index (κ1) is 32.5. The average molecular weight is 676 g/mol. The van der Waals surface area contributed by atoms with E-state index in [2.05, 4.69) is 9.80 Å². The van der Waals surface area contributed by atoms with Crippen LogP contribution in [0.1, 0.15) is 56.7 Å². The van der Waals surface area contributed by atoms with Crippen LogP contribution in [0.5, 0.6) is 11.8 Å². The van der Waals surface area contributed by atoms with Crippen molar-refractivity contribution < 1.29 is 32.8 Å². The Balaban J connectivity index is 1.31. The van der Waals surface area contributed by atoms with Crippen molar-refractivity contribution in [1.82, 2.24) is 19.9 Å². The molecule has 3 fully saturated rings.